The van der Waals surface area contributed by atoms with Crippen LogP contribution in [0, 0.1) is 0 Å². The van der Waals surface area contributed by atoms with Crippen LogP contribution in [0.5, 0.6) is 0 Å². The molecular weight excluding hydrogens is 390 g/mol. The number of hydrogen-bond acceptors (Lipinski definition) is 5. The summed E-state index contributed by atoms with van der Waals surface area (Å²) in [6.07, 6.45) is 2.83. The third kappa shape index (κ3) is 12.5. The first-order chi connectivity index (χ1) is 12.9. The van der Waals surface area contributed by atoms with E-state index in [0.29, 0.717) is 18.4 Å². The zero-order valence-corrected chi connectivity index (χ0v) is 21.1. The van der Waals surface area contributed by atoms with Gasteiger partial charge in [0, 0.05) is 39.3 Å². The first-order valence-electron chi connectivity index (χ1n) is 10.1. The third-order valence-electron chi connectivity index (χ3n) is 4.99. The van der Waals surface area contributed by atoms with Gasteiger partial charge in [0.15, 0.2) is 16.6 Å². The molecule has 0 aliphatic carbocycles. The van der Waals surface area contributed by atoms with Gasteiger partial charge < -0.3 is 18.5 Å². The Morgan fingerprint density at radius 2 is 1.36 bits per heavy atom. The van der Waals surface area contributed by atoms with Gasteiger partial charge >= 0.3 is 5.97 Å². The lowest BCUT2D eigenvalue weighted by atomic mass is 10.2. The lowest BCUT2D eigenvalue weighted by Gasteiger charge is -2.27. The fourth-order valence-corrected chi connectivity index (χ4v) is 5.05. The maximum atomic E-state index is 12.7. The molecule has 28 heavy (non-hydrogen) atoms. The van der Waals surface area contributed by atoms with E-state index in [2.05, 4.69) is 32.8 Å². The maximum absolute atomic E-state index is 12.7. The van der Waals surface area contributed by atoms with Crippen LogP contribution in [-0.4, -0.2) is 67.3 Å². The number of carbonyl (C=O) groups is 2. The fourth-order valence-electron chi connectivity index (χ4n) is 2.63. The molecule has 0 saturated heterocycles. The van der Waals surface area contributed by atoms with Crippen LogP contribution in [0.3, 0.4) is 0 Å². The first-order valence-corrected chi connectivity index (χ1v) is 16.4. The third-order valence-corrected chi connectivity index (χ3v) is 10.3. The molecule has 6 nitrogen and oxygen atoms in total. The average Bonchev–Trinajstić information content (AvgIpc) is 2.63. The van der Waals surface area contributed by atoms with E-state index in [0.717, 1.165) is 38.0 Å². The van der Waals surface area contributed by atoms with Gasteiger partial charge in [-0.2, -0.15) is 0 Å². The molecule has 0 aromatic rings. The molecule has 0 fully saturated rings. The molecule has 0 aliphatic heterocycles. The van der Waals surface area contributed by atoms with Crippen molar-refractivity contribution in [3.8, 4) is 0 Å². The van der Waals surface area contributed by atoms with Crippen molar-refractivity contribution in [2.24, 2.45) is 0 Å². The number of ether oxygens (including phenoxy) is 1. The smallest absolute Gasteiger partial charge is 0.333 e. The van der Waals surface area contributed by atoms with Gasteiger partial charge in [-0.25, -0.2) is 4.79 Å². The average molecular weight is 432 g/mol. The monoisotopic (exact) mass is 431 g/mol. The van der Waals surface area contributed by atoms with Crippen LogP contribution in [0.1, 0.15) is 32.6 Å². The predicted octanol–water partition coefficient (Wildman–Crippen LogP) is 4.20. The van der Waals surface area contributed by atoms with Crippen LogP contribution in [-0.2, 0) is 23.2 Å². The molecule has 0 aromatic heterocycles. The maximum Gasteiger partial charge on any atom is 0.333 e. The van der Waals surface area contributed by atoms with Crippen molar-refractivity contribution < 1.29 is 23.2 Å². The summed E-state index contributed by atoms with van der Waals surface area (Å²) in [6, 6.07) is 2.06. The van der Waals surface area contributed by atoms with E-state index < -0.39 is 22.6 Å². The SMILES string of the molecule is C=C(C)C(=O)OCCCC(=O)N(CCC[Si](C)(C)OC)CCC[Si](C)(C)OC. The predicted molar refractivity (Wildman–Crippen MR) is 119 cm³/mol. The van der Waals surface area contributed by atoms with E-state index in [-0.39, 0.29) is 12.5 Å². The molecule has 0 aliphatic rings. The molecule has 0 saturated carbocycles. The molecule has 0 heterocycles. The van der Waals surface area contributed by atoms with Gasteiger partial charge in [-0.1, -0.05) is 6.58 Å². The van der Waals surface area contributed by atoms with Crippen molar-refractivity contribution >= 4 is 28.5 Å². The van der Waals surface area contributed by atoms with Gasteiger partial charge in [0.2, 0.25) is 5.91 Å². The van der Waals surface area contributed by atoms with Crippen molar-refractivity contribution in [2.75, 3.05) is 33.9 Å². The van der Waals surface area contributed by atoms with Crippen LogP contribution in [0.25, 0.3) is 0 Å². The minimum absolute atomic E-state index is 0.125. The largest absolute Gasteiger partial charge is 0.462 e. The second kappa shape index (κ2) is 13.3. The Balaban J connectivity index is 4.56. The van der Waals surface area contributed by atoms with E-state index in [1.807, 2.05) is 4.90 Å². The van der Waals surface area contributed by atoms with E-state index in [9.17, 15) is 9.59 Å². The van der Waals surface area contributed by atoms with Crippen molar-refractivity contribution in [2.45, 2.75) is 70.9 Å². The van der Waals surface area contributed by atoms with Crippen LogP contribution >= 0.6 is 0 Å². The van der Waals surface area contributed by atoms with Gasteiger partial charge in [0.25, 0.3) is 0 Å². The summed E-state index contributed by atoms with van der Waals surface area (Å²) in [4.78, 5) is 26.1. The Bertz CT molecular complexity index is 487. The molecule has 0 aromatic carbocycles. The highest BCUT2D eigenvalue weighted by molar-refractivity contribution is 6.71. The fraction of sp³-hybridized carbons (Fsp3) is 0.800. The minimum atomic E-state index is -1.62. The number of amides is 1. The normalized spacial score (nSPS) is 12.0. The van der Waals surface area contributed by atoms with Crippen molar-refractivity contribution in [3.63, 3.8) is 0 Å². The molecule has 0 N–H and O–H groups in total. The summed E-state index contributed by atoms with van der Waals surface area (Å²) in [5.74, 6) is -0.275. The molecule has 0 atom stereocenters. The Hall–Kier alpha value is -0.966. The number of hydrogen-bond donors (Lipinski definition) is 0. The van der Waals surface area contributed by atoms with Crippen molar-refractivity contribution in [1.29, 1.82) is 0 Å². The molecule has 8 heteroatoms. The summed E-state index contributed by atoms with van der Waals surface area (Å²) in [5, 5.41) is 0. The minimum Gasteiger partial charge on any atom is -0.462 e. The van der Waals surface area contributed by atoms with E-state index in [4.69, 9.17) is 13.6 Å². The Labute approximate surface area is 173 Å². The number of nitrogens with zero attached hydrogens (tertiary/aromatic N) is 1. The first kappa shape index (κ1) is 27.0. The Morgan fingerprint density at radius 1 is 0.893 bits per heavy atom. The van der Waals surface area contributed by atoms with Gasteiger partial charge in [-0.15, -0.1) is 0 Å². The van der Waals surface area contributed by atoms with Crippen molar-refractivity contribution in [3.05, 3.63) is 12.2 Å². The molecule has 0 spiro atoms. The lowest BCUT2D eigenvalue weighted by Crippen LogP contribution is -2.36. The molecule has 0 radical (unpaired) electrons. The zero-order valence-electron chi connectivity index (χ0n) is 19.1. The van der Waals surface area contributed by atoms with Gasteiger partial charge in [0.1, 0.15) is 0 Å². The second-order valence-electron chi connectivity index (χ2n) is 8.54. The Kier molecular flexibility index (Phi) is 12.8. The number of esters is 1. The van der Waals surface area contributed by atoms with E-state index in [1.54, 1.807) is 21.1 Å². The molecule has 164 valence electrons. The standard InChI is InChI=1S/C20H41NO5Si2/c1-18(2)20(23)26-15-9-12-19(22)21(13-10-16-27(5,6)24-3)14-11-17-28(7,8)25-4/h1,9-17H2,2-8H3. The van der Waals surface area contributed by atoms with Gasteiger partial charge in [-0.05, 0) is 64.5 Å². The quantitative estimate of drug-likeness (QED) is 0.168. The Morgan fingerprint density at radius 3 is 1.75 bits per heavy atom. The van der Waals surface area contributed by atoms with Crippen molar-refractivity contribution in [1.82, 2.24) is 4.90 Å². The lowest BCUT2D eigenvalue weighted by molar-refractivity contribution is -0.140. The van der Waals surface area contributed by atoms with Crippen LogP contribution in [0.2, 0.25) is 38.3 Å². The second-order valence-corrected chi connectivity index (χ2v) is 17.4. The summed E-state index contributed by atoms with van der Waals surface area (Å²) >= 11 is 0. The summed E-state index contributed by atoms with van der Waals surface area (Å²) in [7, 11) is 0.319. The topological polar surface area (TPSA) is 65.1 Å². The summed E-state index contributed by atoms with van der Waals surface area (Å²) in [6.45, 7) is 15.7. The van der Waals surface area contributed by atoms with E-state index >= 15 is 0 Å². The highest BCUT2D eigenvalue weighted by Crippen LogP contribution is 2.16. The highest BCUT2D eigenvalue weighted by Gasteiger charge is 2.23. The zero-order chi connectivity index (χ0) is 21.8. The highest BCUT2D eigenvalue weighted by atomic mass is 28.4. The molecular formula is C20H41NO5Si2. The van der Waals surface area contributed by atoms with Crippen LogP contribution in [0.4, 0.5) is 0 Å². The summed E-state index contributed by atoms with van der Waals surface area (Å²) < 4.78 is 16.3. The van der Waals surface area contributed by atoms with Gasteiger partial charge in [-0.3, -0.25) is 4.79 Å². The van der Waals surface area contributed by atoms with Crippen LogP contribution < -0.4 is 0 Å². The van der Waals surface area contributed by atoms with E-state index in [1.165, 1.54) is 0 Å². The number of rotatable bonds is 15. The molecule has 1 amide bonds. The van der Waals surface area contributed by atoms with Gasteiger partial charge in [0.05, 0.1) is 6.61 Å². The molecule has 0 bridgehead atoms. The number of carbonyl (C=O) groups excluding carboxylic acids is 2. The summed E-state index contributed by atoms with van der Waals surface area (Å²) in [5.41, 5.74) is 0.378. The van der Waals surface area contributed by atoms with Crippen LogP contribution in [0.15, 0.2) is 12.2 Å². The molecule has 0 rings (SSSR count). The molecule has 0 unspecified atom stereocenters.